The number of aliphatic imine (C=N–C) groups is 1. The predicted molar refractivity (Wildman–Crippen MR) is 134 cm³/mol. The zero-order valence-corrected chi connectivity index (χ0v) is 20.2. The largest absolute Gasteiger partial charge is 0.356 e. The number of allylic oxidation sites excluding steroid dienone is 1. The van der Waals surface area contributed by atoms with Gasteiger partial charge in [0.2, 0.25) is 5.91 Å². The molecule has 0 radical (unpaired) electrons. The van der Waals surface area contributed by atoms with Crippen LogP contribution in [0.1, 0.15) is 38.8 Å². The van der Waals surface area contributed by atoms with E-state index in [2.05, 4.69) is 15.6 Å². The standard InChI is InChI=1S/C26H27FN4O2S/c1-16(2)14-28-22(32)13-21-15-34-26-29-17(3)23(25(33)30-20-7-5-4-6-8-20)24(31(21)26)18-9-11-19(27)12-10-18/h4-12,15-16,24H,13-14H2,1-3H3,(H,28,32)(H,30,33)/t24-/m0/s1. The lowest BCUT2D eigenvalue weighted by atomic mass is 9.93. The Hall–Kier alpha value is -3.39. The highest BCUT2D eigenvalue weighted by atomic mass is 32.2. The second-order valence-corrected chi connectivity index (χ2v) is 9.48. The van der Waals surface area contributed by atoms with Gasteiger partial charge in [0.15, 0.2) is 5.17 Å². The first-order valence-electron chi connectivity index (χ1n) is 11.2. The molecule has 4 rings (SSSR count). The van der Waals surface area contributed by atoms with Crippen molar-refractivity contribution in [3.8, 4) is 0 Å². The second-order valence-electron chi connectivity index (χ2n) is 8.64. The smallest absolute Gasteiger partial charge is 0.255 e. The molecule has 2 aromatic carbocycles. The number of nitrogens with zero attached hydrogens (tertiary/aromatic N) is 2. The molecule has 0 aromatic heterocycles. The summed E-state index contributed by atoms with van der Waals surface area (Å²) in [6, 6.07) is 14.8. The quantitative estimate of drug-likeness (QED) is 0.574. The van der Waals surface area contributed by atoms with E-state index >= 15 is 0 Å². The number of para-hydroxylation sites is 1. The number of amides is 2. The van der Waals surface area contributed by atoms with E-state index in [-0.39, 0.29) is 24.1 Å². The molecule has 0 spiro atoms. The van der Waals surface area contributed by atoms with Gasteiger partial charge in [0.1, 0.15) is 5.82 Å². The first-order valence-corrected chi connectivity index (χ1v) is 12.0. The van der Waals surface area contributed by atoms with Crippen LogP contribution in [0, 0.1) is 11.7 Å². The molecule has 0 unspecified atom stereocenters. The van der Waals surface area contributed by atoms with Crippen molar-refractivity contribution in [2.45, 2.75) is 33.2 Å². The van der Waals surface area contributed by atoms with Crippen LogP contribution < -0.4 is 10.6 Å². The second kappa shape index (κ2) is 10.3. The van der Waals surface area contributed by atoms with Crippen LogP contribution >= 0.6 is 11.8 Å². The molecule has 0 aliphatic carbocycles. The number of thioether (sulfide) groups is 1. The zero-order chi connectivity index (χ0) is 24.2. The van der Waals surface area contributed by atoms with Gasteiger partial charge in [-0.05, 0) is 48.1 Å². The summed E-state index contributed by atoms with van der Waals surface area (Å²) < 4.78 is 13.7. The van der Waals surface area contributed by atoms with Crippen molar-refractivity contribution >= 4 is 34.4 Å². The van der Waals surface area contributed by atoms with Gasteiger partial charge < -0.3 is 15.5 Å². The van der Waals surface area contributed by atoms with Gasteiger partial charge in [0, 0.05) is 17.9 Å². The van der Waals surface area contributed by atoms with E-state index in [1.54, 1.807) is 19.1 Å². The number of halogens is 1. The van der Waals surface area contributed by atoms with Gasteiger partial charge in [-0.1, -0.05) is 55.9 Å². The molecule has 8 heteroatoms. The molecular weight excluding hydrogens is 451 g/mol. The van der Waals surface area contributed by atoms with E-state index in [9.17, 15) is 14.0 Å². The average Bonchev–Trinajstić information content (AvgIpc) is 3.19. The summed E-state index contributed by atoms with van der Waals surface area (Å²) in [6.07, 6.45) is 0.156. The molecule has 0 bridgehead atoms. The summed E-state index contributed by atoms with van der Waals surface area (Å²) in [5.74, 6) is -0.402. The molecule has 2 N–H and O–H groups in total. The van der Waals surface area contributed by atoms with Crippen LogP contribution in [0.5, 0.6) is 0 Å². The molecule has 1 atom stereocenters. The van der Waals surface area contributed by atoms with Gasteiger partial charge in [-0.3, -0.25) is 9.59 Å². The maximum Gasteiger partial charge on any atom is 0.255 e. The van der Waals surface area contributed by atoms with E-state index < -0.39 is 6.04 Å². The molecule has 0 saturated heterocycles. The van der Waals surface area contributed by atoms with Gasteiger partial charge in [-0.15, -0.1) is 0 Å². The van der Waals surface area contributed by atoms with Crippen molar-refractivity contribution in [3.63, 3.8) is 0 Å². The highest BCUT2D eigenvalue weighted by molar-refractivity contribution is 8.16. The maximum atomic E-state index is 13.7. The van der Waals surface area contributed by atoms with Gasteiger partial charge >= 0.3 is 0 Å². The molecule has 34 heavy (non-hydrogen) atoms. The van der Waals surface area contributed by atoms with Crippen molar-refractivity contribution < 1.29 is 14.0 Å². The predicted octanol–water partition coefficient (Wildman–Crippen LogP) is 5.20. The number of anilines is 1. The Morgan fingerprint density at radius 2 is 1.82 bits per heavy atom. The Morgan fingerprint density at radius 3 is 2.50 bits per heavy atom. The van der Waals surface area contributed by atoms with E-state index in [0.29, 0.717) is 34.6 Å². The van der Waals surface area contributed by atoms with Crippen molar-refractivity contribution in [2.24, 2.45) is 10.9 Å². The van der Waals surface area contributed by atoms with Gasteiger partial charge in [-0.25, -0.2) is 9.38 Å². The fourth-order valence-electron chi connectivity index (χ4n) is 3.89. The van der Waals surface area contributed by atoms with Crippen LogP contribution in [-0.4, -0.2) is 28.4 Å². The summed E-state index contributed by atoms with van der Waals surface area (Å²) in [5, 5.41) is 8.48. The maximum absolute atomic E-state index is 13.7. The molecule has 2 aromatic rings. The lowest BCUT2D eigenvalue weighted by Gasteiger charge is -2.36. The highest BCUT2D eigenvalue weighted by Crippen LogP contribution is 2.44. The molecule has 176 valence electrons. The molecule has 0 saturated carbocycles. The third-order valence-electron chi connectivity index (χ3n) is 5.51. The fraction of sp³-hybridized carbons (Fsp3) is 0.269. The summed E-state index contributed by atoms with van der Waals surface area (Å²) in [5.41, 5.74) is 3.19. The number of amidine groups is 1. The number of fused-ring (bicyclic) bond motifs is 1. The molecule has 6 nitrogen and oxygen atoms in total. The number of nitrogens with one attached hydrogen (secondary N) is 2. The van der Waals surface area contributed by atoms with Crippen LogP contribution in [0.25, 0.3) is 0 Å². The molecular formula is C26H27FN4O2S. The molecule has 2 aliphatic rings. The SMILES string of the molecule is CC1=C(C(=O)Nc2ccccc2)[C@H](c2ccc(F)cc2)N2C(CC(=O)NCC(C)C)=CSC2=N1. The van der Waals surface area contributed by atoms with E-state index in [0.717, 1.165) is 11.3 Å². The third kappa shape index (κ3) is 5.22. The number of rotatable bonds is 7. The number of carbonyl (C=O) groups is 2. The minimum Gasteiger partial charge on any atom is -0.356 e. The Bertz CT molecular complexity index is 1170. The Morgan fingerprint density at radius 1 is 1.12 bits per heavy atom. The summed E-state index contributed by atoms with van der Waals surface area (Å²) in [7, 11) is 0. The van der Waals surface area contributed by atoms with E-state index in [4.69, 9.17) is 0 Å². The molecule has 2 amide bonds. The van der Waals surface area contributed by atoms with Crippen molar-refractivity contribution in [1.29, 1.82) is 0 Å². The minimum absolute atomic E-state index is 0.0961. The first kappa shape index (κ1) is 23.8. The van der Waals surface area contributed by atoms with Crippen LogP contribution in [-0.2, 0) is 9.59 Å². The van der Waals surface area contributed by atoms with Crippen molar-refractivity contribution in [2.75, 3.05) is 11.9 Å². The summed E-state index contributed by atoms with van der Waals surface area (Å²) in [4.78, 5) is 32.7. The fourth-order valence-corrected chi connectivity index (χ4v) is 4.85. The number of carbonyl (C=O) groups excluding carboxylic acids is 2. The van der Waals surface area contributed by atoms with Crippen LogP contribution in [0.2, 0.25) is 0 Å². The van der Waals surface area contributed by atoms with E-state index in [1.807, 2.05) is 54.5 Å². The Kier molecular flexibility index (Phi) is 7.17. The summed E-state index contributed by atoms with van der Waals surface area (Å²) >= 11 is 1.42. The summed E-state index contributed by atoms with van der Waals surface area (Å²) in [6.45, 7) is 6.46. The van der Waals surface area contributed by atoms with Crippen molar-refractivity contribution in [1.82, 2.24) is 10.2 Å². The van der Waals surface area contributed by atoms with Crippen LogP contribution in [0.4, 0.5) is 10.1 Å². The molecule has 2 aliphatic heterocycles. The Labute approximate surface area is 203 Å². The lowest BCUT2D eigenvalue weighted by Crippen LogP contribution is -2.39. The first-order chi connectivity index (χ1) is 16.3. The minimum atomic E-state index is -0.545. The van der Waals surface area contributed by atoms with E-state index in [1.165, 1.54) is 23.9 Å². The Balaban J connectivity index is 1.69. The van der Waals surface area contributed by atoms with Crippen LogP contribution in [0.3, 0.4) is 0 Å². The van der Waals surface area contributed by atoms with Crippen molar-refractivity contribution in [3.05, 3.63) is 88.4 Å². The number of hydrogen-bond donors (Lipinski definition) is 2. The molecule has 0 fully saturated rings. The van der Waals surface area contributed by atoms with Gasteiger partial charge in [-0.2, -0.15) is 0 Å². The third-order valence-corrected chi connectivity index (χ3v) is 6.40. The average molecular weight is 479 g/mol. The van der Waals surface area contributed by atoms with Gasteiger partial charge in [0.25, 0.3) is 5.91 Å². The lowest BCUT2D eigenvalue weighted by molar-refractivity contribution is -0.120. The van der Waals surface area contributed by atoms with Crippen LogP contribution in [0.15, 0.2) is 82.0 Å². The number of hydrogen-bond acceptors (Lipinski definition) is 5. The topological polar surface area (TPSA) is 73.8 Å². The monoisotopic (exact) mass is 478 g/mol. The molecule has 2 heterocycles. The number of benzene rings is 2. The highest BCUT2D eigenvalue weighted by Gasteiger charge is 2.40. The zero-order valence-electron chi connectivity index (χ0n) is 19.3. The van der Waals surface area contributed by atoms with Gasteiger partial charge in [0.05, 0.1) is 23.7 Å². The normalized spacial score (nSPS) is 17.3.